The number of amides is 1. The summed E-state index contributed by atoms with van der Waals surface area (Å²) in [5, 5.41) is 8.61. The van der Waals surface area contributed by atoms with Crippen molar-refractivity contribution in [3.05, 3.63) is 29.6 Å². The van der Waals surface area contributed by atoms with Crippen molar-refractivity contribution in [3.8, 4) is 11.8 Å². The van der Waals surface area contributed by atoms with Crippen LogP contribution in [0.2, 0.25) is 0 Å². The third kappa shape index (κ3) is 4.72. The first-order chi connectivity index (χ1) is 9.22. The highest BCUT2D eigenvalue weighted by molar-refractivity contribution is 5.92. The van der Waals surface area contributed by atoms with Gasteiger partial charge in [0.1, 0.15) is 12.3 Å². The average Bonchev–Trinajstić information content (AvgIpc) is 2.44. The van der Waals surface area contributed by atoms with Crippen molar-refractivity contribution >= 4 is 5.91 Å². The Bertz CT molecular complexity index is 451. The second-order valence-electron chi connectivity index (χ2n) is 4.18. The molecule has 0 bridgehead atoms. The Labute approximate surface area is 114 Å². The molecule has 0 atom stereocenters. The summed E-state index contributed by atoms with van der Waals surface area (Å²) in [6.07, 6.45) is 3.43. The lowest BCUT2D eigenvalue weighted by atomic mass is 10.2. The fourth-order valence-electron chi connectivity index (χ4n) is 1.75. The van der Waals surface area contributed by atoms with Crippen LogP contribution >= 0.6 is 0 Å². The number of carbonyl (C=O) groups is 1. The van der Waals surface area contributed by atoms with Crippen LogP contribution in [0.5, 0.6) is 0 Å². The Morgan fingerprint density at radius 1 is 1.32 bits per heavy atom. The Morgan fingerprint density at radius 2 is 2.00 bits per heavy atom. The molecule has 4 heteroatoms. The Hall–Kier alpha value is -1.86. The molecule has 0 aliphatic rings. The minimum atomic E-state index is -0.179. The number of hydrogen-bond donors (Lipinski definition) is 1. The first-order valence-electron chi connectivity index (χ1n) is 6.58. The molecule has 1 aromatic heterocycles. The number of aliphatic hydroxyl groups is 1. The van der Waals surface area contributed by atoms with E-state index in [1.807, 2.05) is 4.90 Å². The Morgan fingerprint density at radius 3 is 2.47 bits per heavy atom. The molecule has 1 aromatic rings. The predicted octanol–water partition coefficient (Wildman–Crippen LogP) is 1.69. The first kappa shape index (κ1) is 15.2. The van der Waals surface area contributed by atoms with E-state index in [-0.39, 0.29) is 12.5 Å². The molecule has 0 aliphatic heterocycles. The van der Waals surface area contributed by atoms with E-state index in [1.165, 1.54) is 0 Å². The van der Waals surface area contributed by atoms with Gasteiger partial charge in [0.05, 0.1) is 0 Å². The zero-order chi connectivity index (χ0) is 14.1. The van der Waals surface area contributed by atoms with Crippen LogP contribution in [0.25, 0.3) is 0 Å². The van der Waals surface area contributed by atoms with Gasteiger partial charge in [-0.15, -0.1) is 0 Å². The van der Waals surface area contributed by atoms with Crippen molar-refractivity contribution in [2.24, 2.45) is 0 Å². The van der Waals surface area contributed by atoms with Crippen LogP contribution in [-0.2, 0) is 0 Å². The standard InChI is InChI=1S/C15H20N2O2/c1-3-9-17(10-4-2)15(19)14-8-7-13(12-16-14)6-5-11-18/h7-8,12,18H,3-4,9-11H2,1-2H3. The second kappa shape index (κ2) is 8.28. The van der Waals surface area contributed by atoms with Crippen molar-refractivity contribution < 1.29 is 9.90 Å². The van der Waals surface area contributed by atoms with Gasteiger partial charge in [-0.05, 0) is 25.0 Å². The molecule has 4 nitrogen and oxygen atoms in total. The lowest BCUT2D eigenvalue weighted by molar-refractivity contribution is 0.0749. The number of aliphatic hydroxyl groups excluding tert-OH is 1. The molecule has 102 valence electrons. The van der Waals surface area contributed by atoms with Gasteiger partial charge in [-0.3, -0.25) is 4.79 Å². The van der Waals surface area contributed by atoms with Crippen LogP contribution in [0, 0.1) is 11.8 Å². The maximum atomic E-state index is 12.2. The monoisotopic (exact) mass is 260 g/mol. The average molecular weight is 260 g/mol. The zero-order valence-electron chi connectivity index (χ0n) is 11.5. The maximum absolute atomic E-state index is 12.2. The zero-order valence-corrected chi connectivity index (χ0v) is 11.5. The summed E-state index contributed by atoms with van der Waals surface area (Å²) in [6, 6.07) is 3.43. The number of carbonyl (C=O) groups excluding carboxylic acids is 1. The van der Waals surface area contributed by atoms with Gasteiger partial charge >= 0.3 is 0 Å². The predicted molar refractivity (Wildman–Crippen MR) is 74.7 cm³/mol. The molecule has 0 saturated carbocycles. The van der Waals surface area contributed by atoms with Crippen LogP contribution in [0.15, 0.2) is 18.3 Å². The molecule has 0 aliphatic carbocycles. The van der Waals surface area contributed by atoms with E-state index < -0.39 is 0 Å². The number of rotatable bonds is 5. The van der Waals surface area contributed by atoms with Crippen LogP contribution in [0.1, 0.15) is 42.7 Å². The molecular weight excluding hydrogens is 240 g/mol. The molecule has 0 radical (unpaired) electrons. The number of hydrogen-bond acceptors (Lipinski definition) is 3. The lowest BCUT2D eigenvalue weighted by Gasteiger charge is -2.20. The third-order valence-electron chi connectivity index (χ3n) is 2.57. The van der Waals surface area contributed by atoms with E-state index >= 15 is 0 Å². The van der Waals surface area contributed by atoms with Crippen molar-refractivity contribution in [1.29, 1.82) is 0 Å². The summed E-state index contributed by atoms with van der Waals surface area (Å²) in [5.74, 6) is 5.26. The molecule has 1 N–H and O–H groups in total. The summed E-state index contributed by atoms with van der Waals surface area (Å²) in [4.78, 5) is 18.2. The highest BCUT2D eigenvalue weighted by Crippen LogP contribution is 2.05. The van der Waals surface area contributed by atoms with Gasteiger partial charge in [-0.2, -0.15) is 0 Å². The quantitative estimate of drug-likeness (QED) is 0.820. The number of aromatic nitrogens is 1. The van der Waals surface area contributed by atoms with Crippen molar-refractivity contribution in [2.45, 2.75) is 26.7 Å². The normalized spacial score (nSPS) is 9.63. The van der Waals surface area contributed by atoms with Gasteiger partial charge < -0.3 is 10.0 Å². The largest absolute Gasteiger partial charge is 0.384 e. The summed E-state index contributed by atoms with van der Waals surface area (Å²) in [5.41, 5.74) is 1.14. The van der Waals surface area contributed by atoms with Gasteiger partial charge in [0.2, 0.25) is 0 Å². The number of pyridine rings is 1. The lowest BCUT2D eigenvalue weighted by Crippen LogP contribution is -2.33. The van der Waals surface area contributed by atoms with E-state index in [9.17, 15) is 4.79 Å². The van der Waals surface area contributed by atoms with Gasteiger partial charge in [0, 0.05) is 24.8 Å². The molecular formula is C15H20N2O2. The van der Waals surface area contributed by atoms with Crippen LogP contribution in [-0.4, -0.2) is 40.6 Å². The number of nitrogens with zero attached hydrogens (tertiary/aromatic N) is 2. The van der Waals surface area contributed by atoms with E-state index in [1.54, 1.807) is 18.3 Å². The molecule has 0 aromatic carbocycles. The Balaban J connectivity index is 2.80. The van der Waals surface area contributed by atoms with Crippen LogP contribution < -0.4 is 0 Å². The summed E-state index contributed by atoms with van der Waals surface area (Å²) in [6.45, 7) is 5.43. The first-order valence-corrected chi connectivity index (χ1v) is 6.58. The second-order valence-corrected chi connectivity index (χ2v) is 4.18. The minimum Gasteiger partial charge on any atom is -0.384 e. The highest BCUT2D eigenvalue weighted by Gasteiger charge is 2.14. The van der Waals surface area contributed by atoms with Crippen LogP contribution in [0.3, 0.4) is 0 Å². The summed E-state index contributed by atoms with van der Waals surface area (Å²) < 4.78 is 0. The topological polar surface area (TPSA) is 53.4 Å². The highest BCUT2D eigenvalue weighted by atomic mass is 16.2. The maximum Gasteiger partial charge on any atom is 0.272 e. The Kier molecular flexibility index (Phi) is 6.62. The van der Waals surface area contributed by atoms with Crippen LogP contribution in [0.4, 0.5) is 0 Å². The fourth-order valence-corrected chi connectivity index (χ4v) is 1.75. The molecule has 1 heterocycles. The summed E-state index contributed by atoms with van der Waals surface area (Å²) in [7, 11) is 0. The molecule has 0 spiro atoms. The van der Waals surface area contributed by atoms with Gasteiger partial charge in [-0.1, -0.05) is 25.7 Å². The van der Waals surface area contributed by atoms with Crippen molar-refractivity contribution in [1.82, 2.24) is 9.88 Å². The molecule has 0 fully saturated rings. The molecule has 1 amide bonds. The van der Waals surface area contributed by atoms with Gasteiger partial charge in [-0.25, -0.2) is 4.98 Å². The van der Waals surface area contributed by atoms with E-state index in [0.29, 0.717) is 11.3 Å². The minimum absolute atomic E-state index is 0.0367. The molecule has 1 rings (SSSR count). The van der Waals surface area contributed by atoms with E-state index in [2.05, 4.69) is 30.7 Å². The van der Waals surface area contributed by atoms with Gasteiger partial charge in [0.15, 0.2) is 0 Å². The summed E-state index contributed by atoms with van der Waals surface area (Å²) >= 11 is 0. The van der Waals surface area contributed by atoms with Gasteiger partial charge in [0.25, 0.3) is 5.91 Å². The van der Waals surface area contributed by atoms with Crippen molar-refractivity contribution in [2.75, 3.05) is 19.7 Å². The smallest absolute Gasteiger partial charge is 0.272 e. The van der Waals surface area contributed by atoms with E-state index in [0.717, 1.165) is 25.9 Å². The molecule has 0 unspecified atom stereocenters. The SMILES string of the molecule is CCCN(CCC)C(=O)c1ccc(C#CCO)cn1. The molecule has 19 heavy (non-hydrogen) atoms. The molecule has 0 saturated heterocycles. The fraction of sp³-hybridized carbons (Fsp3) is 0.467. The third-order valence-corrected chi connectivity index (χ3v) is 2.57. The van der Waals surface area contributed by atoms with Crippen molar-refractivity contribution in [3.63, 3.8) is 0 Å². The van der Waals surface area contributed by atoms with E-state index in [4.69, 9.17) is 5.11 Å².